The van der Waals surface area contributed by atoms with E-state index in [4.69, 9.17) is 4.74 Å². The first-order chi connectivity index (χ1) is 8.79. The number of hydrogen-bond donors (Lipinski definition) is 1. The monoisotopic (exact) mass is 241 g/mol. The lowest BCUT2D eigenvalue weighted by Crippen LogP contribution is -2.04. The summed E-state index contributed by atoms with van der Waals surface area (Å²) in [5, 5.41) is 1.36. The Morgan fingerprint density at radius 3 is 2.94 bits per heavy atom. The number of aryl methyl sites for hydroxylation is 2. The van der Waals surface area contributed by atoms with Gasteiger partial charge in [-0.15, -0.1) is 0 Å². The second kappa shape index (κ2) is 4.62. The number of nitrogens with one attached hydrogen (secondary N) is 1. The number of fused-ring (bicyclic) bond motifs is 1. The minimum Gasteiger partial charge on any atom is -0.377 e. The highest BCUT2D eigenvalue weighted by Gasteiger charge is 2.13. The average Bonchev–Trinajstić information content (AvgIpc) is 2.77. The molecule has 0 saturated carbocycles. The van der Waals surface area contributed by atoms with Crippen LogP contribution in [0.2, 0.25) is 0 Å². The Morgan fingerprint density at radius 2 is 2.22 bits per heavy atom. The Labute approximate surface area is 108 Å². The van der Waals surface area contributed by atoms with Gasteiger partial charge in [0.25, 0.3) is 0 Å². The van der Waals surface area contributed by atoms with Gasteiger partial charge in [-0.2, -0.15) is 0 Å². The molecule has 2 nitrogen and oxygen atoms in total. The lowest BCUT2D eigenvalue weighted by molar-refractivity contribution is 0.161. The van der Waals surface area contributed by atoms with Gasteiger partial charge in [-0.1, -0.05) is 19.1 Å². The van der Waals surface area contributed by atoms with Crippen molar-refractivity contribution in [2.24, 2.45) is 0 Å². The molecule has 0 saturated heterocycles. The van der Waals surface area contributed by atoms with Gasteiger partial charge in [0, 0.05) is 16.6 Å². The molecule has 1 aliphatic rings. The molecule has 18 heavy (non-hydrogen) atoms. The van der Waals surface area contributed by atoms with Crippen LogP contribution in [0.1, 0.15) is 30.2 Å². The van der Waals surface area contributed by atoms with Gasteiger partial charge in [-0.25, -0.2) is 0 Å². The van der Waals surface area contributed by atoms with E-state index >= 15 is 0 Å². The highest BCUT2D eigenvalue weighted by Crippen LogP contribution is 2.30. The second-order valence-corrected chi connectivity index (χ2v) is 4.91. The number of benzene rings is 1. The molecule has 2 heteroatoms. The fraction of sp³-hybridized carbons (Fsp3) is 0.375. The van der Waals surface area contributed by atoms with Crippen LogP contribution in [0, 0.1) is 6.92 Å². The lowest BCUT2D eigenvalue weighted by atomic mass is 10.0. The van der Waals surface area contributed by atoms with Crippen molar-refractivity contribution in [3.05, 3.63) is 41.1 Å². The van der Waals surface area contributed by atoms with E-state index in [1.165, 1.54) is 33.3 Å². The lowest BCUT2D eigenvalue weighted by Gasteiger charge is -2.13. The van der Waals surface area contributed by atoms with Crippen LogP contribution in [0.15, 0.2) is 24.3 Å². The molecule has 2 heterocycles. The third kappa shape index (κ3) is 1.87. The van der Waals surface area contributed by atoms with Crippen molar-refractivity contribution in [2.45, 2.75) is 26.7 Å². The molecule has 1 aromatic carbocycles. The molecule has 0 bridgehead atoms. The molecule has 0 unspecified atom stereocenters. The minimum absolute atomic E-state index is 0.740. The fourth-order valence-corrected chi connectivity index (χ4v) is 2.67. The fourth-order valence-electron chi connectivity index (χ4n) is 2.67. The standard InChI is InChI=1S/C16H19NO/c1-3-12-4-5-15-14(10-12)11(2)16(17-15)13-6-8-18-9-7-13/h4-6,10,17H,3,7-9H2,1-2H3. The van der Waals surface area contributed by atoms with Crippen molar-refractivity contribution >= 4 is 16.5 Å². The molecule has 1 aromatic heterocycles. The molecule has 0 fully saturated rings. The summed E-state index contributed by atoms with van der Waals surface area (Å²) in [6, 6.07) is 6.72. The third-order valence-corrected chi connectivity index (χ3v) is 3.82. The van der Waals surface area contributed by atoms with E-state index < -0.39 is 0 Å². The average molecular weight is 241 g/mol. The van der Waals surface area contributed by atoms with Crippen LogP contribution in [0.4, 0.5) is 0 Å². The molecular weight excluding hydrogens is 222 g/mol. The topological polar surface area (TPSA) is 25.0 Å². The number of H-pyrrole nitrogens is 1. The Bertz CT molecular complexity index is 607. The smallest absolute Gasteiger partial charge is 0.0654 e. The van der Waals surface area contributed by atoms with Crippen molar-refractivity contribution in [1.29, 1.82) is 0 Å². The summed E-state index contributed by atoms with van der Waals surface area (Å²) in [6.07, 6.45) is 4.29. The molecule has 3 rings (SSSR count). The number of aromatic amines is 1. The number of rotatable bonds is 2. The normalized spacial score (nSPS) is 16.0. The Balaban J connectivity index is 2.13. The summed E-state index contributed by atoms with van der Waals surface area (Å²) in [5.41, 5.74) is 6.70. The maximum atomic E-state index is 5.38. The maximum Gasteiger partial charge on any atom is 0.0654 e. The summed E-state index contributed by atoms with van der Waals surface area (Å²) in [7, 11) is 0. The van der Waals surface area contributed by atoms with Crippen LogP contribution >= 0.6 is 0 Å². The van der Waals surface area contributed by atoms with Crippen LogP contribution in [0.5, 0.6) is 0 Å². The molecular formula is C16H19NO. The summed E-state index contributed by atoms with van der Waals surface area (Å²) in [6.45, 7) is 5.99. The zero-order valence-electron chi connectivity index (χ0n) is 11.0. The predicted molar refractivity (Wildman–Crippen MR) is 75.8 cm³/mol. The quantitative estimate of drug-likeness (QED) is 0.849. The van der Waals surface area contributed by atoms with E-state index in [9.17, 15) is 0 Å². The first kappa shape index (κ1) is 11.5. The van der Waals surface area contributed by atoms with Crippen molar-refractivity contribution in [3.8, 4) is 0 Å². The van der Waals surface area contributed by atoms with Gasteiger partial charge in [0.1, 0.15) is 0 Å². The number of hydrogen-bond acceptors (Lipinski definition) is 1. The van der Waals surface area contributed by atoms with E-state index in [-0.39, 0.29) is 0 Å². The molecule has 1 aliphatic heterocycles. The molecule has 0 amide bonds. The summed E-state index contributed by atoms with van der Waals surface area (Å²) in [4.78, 5) is 3.56. The largest absolute Gasteiger partial charge is 0.377 e. The van der Waals surface area contributed by atoms with Crippen molar-refractivity contribution in [3.63, 3.8) is 0 Å². The van der Waals surface area contributed by atoms with E-state index in [1.54, 1.807) is 0 Å². The molecule has 2 aromatic rings. The molecule has 94 valence electrons. The van der Waals surface area contributed by atoms with Gasteiger partial charge in [0.2, 0.25) is 0 Å². The van der Waals surface area contributed by atoms with Gasteiger partial charge >= 0.3 is 0 Å². The molecule has 0 atom stereocenters. The van der Waals surface area contributed by atoms with Crippen LogP contribution in [-0.4, -0.2) is 18.2 Å². The Kier molecular flexibility index (Phi) is 2.96. The first-order valence-corrected chi connectivity index (χ1v) is 6.68. The van der Waals surface area contributed by atoms with Gasteiger partial charge in [0.05, 0.1) is 13.2 Å². The summed E-state index contributed by atoms with van der Waals surface area (Å²) in [5.74, 6) is 0. The molecule has 1 N–H and O–H groups in total. The van der Waals surface area contributed by atoms with E-state index in [1.807, 2.05) is 0 Å². The zero-order valence-corrected chi connectivity index (χ0v) is 11.0. The maximum absolute atomic E-state index is 5.38. The van der Waals surface area contributed by atoms with Crippen molar-refractivity contribution in [2.75, 3.05) is 13.2 Å². The van der Waals surface area contributed by atoms with E-state index in [0.717, 1.165) is 26.1 Å². The van der Waals surface area contributed by atoms with Crippen LogP contribution in [-0.2, 0) is 11.2 Å². The SMILES string of the molecule is CCc1ccc2[nH]c(C3=CCOCC3)c(C)c2c1. The van der Waals surface area contributed by atoms with E-state index in [2.05, 4.69) is 43.1 Å². The third-order valence-electron chi connectivity index (χ3n) is 3.82. The zero-order chi connectivity index (χ0) is 12.5. The van der Waals surface area contributed by atoms with Gasteiger partial charge in [0.15, 0.2) is 0 Å². The van der Waals surface area contributed by atoms with Crippen molar-refractivity contribution < 1.29 is 4.74 Å². The summed E-state index contributed by atoms with van der Waals surface area (Å²) >= 11 is 0. The van der Waals surface area contributed by atoms with E-state index in [0.29, 0.717) is 0 Å². The van der Waals surface area contributed by atoms with Crippen molar-refractivity contribution in [1.82, 2.24) is 4.98 Å². The molecule has 0 aliphatic carbocycles. The van der Waals surface area contributed by atoms with Crippen LogP contribution < -0.4 is 0 Å². The molecule has 0 spiro atoms. The summed E-state index contributed by atoms with van der Waals surface area (Å²) < 4.78 is 5.38. The number of aromatic nitrogens is 1. The van der Waals surface area contributed by atoms with Gasteiger partial charge in [-0.05, 0) is 48.6 Å². The first-order valence-electron chi connectivity index (χ1n) is 6.68. The van der Waals surface area contributed by atoms with Gasteiger partial charge in [-0.3, -0.25) is 0 Å². The van der Waals surface area contributed by atoms with Crippen LogP contribution in [0.25, 0.3) is 16.5 Å². The Hall–Kier alpha value is -1.54. The Morgan fingerprint density at radius 1 is 1.33 bits per heavy atom. The minimum atomic E-state index is 0.740. The van der Waals surface area contributed by atoms with Crippen LogP contribution in [0.3, 0.4) is 0 Å². The highest BCUT2D eigenvalue weighted by molar-refractivity contribution is 5.89. The highest BCUT2D eigenvalue weighted by atomic mass is 16.5. The van der Waals surface area contributed by atoms with Gasteiger partial charge < -0.3 is 9.72 Å². The molecule has 0 radical (unpaired) electrons. The number of ether oxygens (including phenoxy) is 1. The predicted octanol–water partition coefficient (Wildman–Crippen LogP) is 3.84. The second-order valence-electron chi connectivity index (χ2n) is 4.91.